The van der Waals surface area contributed by atoms with Crippen LogP contribution in [-0.4, -0.2) is 90.5 Å². The molecule has 0 fully saturated rings. The van der Waals surface area contributed by atoms with Crippen LogP contribution in [0.4, 0.5) is 91.0 Å². The van der Waals surface area contributed by atoms with Crippen molar-refractivity contribution in [3.63, 3.8) is 0 Å². The van der Waals surface area contributed by atoms with Gasteiger partial charge >= 0.3 is 50.6 Å². The average molecular weight is 995 g/mol. The molecule has 0 amide bonds. The molecule has 0 N–H and O–H groups in total. The van der Waals surface area contributed by atoms with Gasteiger partial charge in [-0.25, -0.2) is 0 Å². The number of anilines is 4. The maximum absolute atomic E-state index is 12.9. The zero-order valence-electron chi connectivity index (χ0n) is 33.2. The Morgan fingerprint density at radius 2 is 0.443 bits per heavy atom. The van der Waals surface area contributed by atoms with Gasteiger partial charge in [0.15, 0.2) is 36.0 Å². The number of nitro groups is 12. The van der Waals surface area contributed by atoms with Crippen LogP contribution in [0.25, 0.3) is 0 Å². The second-order valence-corrected chi connectivity index (χ2v) is 12.6. The molecule has 70 heavy (non-hydrogen) atoms. The van der Waals surface area contributed by atoms with E-state index in [9.17, 15) is 126 Å². The fraction of sp³-hybridized carbons (Fsp3) is 0.143. The summed E-state index contributed by atoms with van der Waals surface area (Å²) >= 11 is 0. The predicted octanol–water partition coefficient (Wildman–Crippen LogP) is 5.20. The van der Waals surface area contributed by atoms with Crippen LogP contribution in [0.5, 0.6) is 0 Å². The third-order valence-corrected chi connectivity index (χ3v) is 8.74. The van der Waals surface area contributed by atoms with Crippen LogP contribution in [0, 0.1) is 126 Å². The Morgan fingerprint density at radius 1 is 0.286 bits per heavy atom. The first-order valence-electron chi connectivity index (χ1n) is 17.3. The molecule has 4 rings (SSSR count). The molecule has 0 bridgehead atoms. The van der Waals surface area contributed by atoms with Crippen molar-refractivity contribution in [2.75, 3.05) is 36.1 Å². The number of rotatable bonds is 24. The zero-order chi connectivity index (χ0) is 52.8. The van der Waals surface area contributed by atoms with Gasteiger partial charge in [0, 0.05) is 0 Å². The molecule has 42 nitrogen and oxygen atoms in total. The van der Waals surface area contributed by atoms with E-state index < -0.39 is 181 Å². The summed E-state index contributed by atoms with van der Waals surface area (Å²) in [6, 6.07) is 0.391. The Labute approximate surface area is 375 Å². The molecule has 4 aromatic rings. The van der Waals surface area contributed by atoms with Crippen molar-refractivity contribution in [3.05, 3.63) is 175 Å². The van der Waals surface area contributed by atoms with E-state index in [1.165, 1.54) is 0 Å². The molecule has 0 unspecified atom stereocenters. The quantitative estimate of drug-likeness (QED) is 0.0642. The number of hydrogen-bond donors (Lipinski definition) is 0. The van der Waals surface area contributed by atoms with Gasteiger partial charge in [0.05, 0.1) is 121 Å². The molecule has 0 heterocycles. The summed E-state index contributed by atoms with van der Waals surface area (Å²) in [7, 11) is 0. The minimum Gasteiger partial charge on any atom is -0.315 e. The third kappa shape index (κ3) is 10.5. The molecule has 0 saturated heterocycles. The molecular formula is C28H16N15O27+. The van der Waals surface area contributed by atoms with Crippen LogP contribution in [0.15, 0.2) is 48.5 Å². The van der Waals surface area contributed by atoms with Crippen LogP contribution in [-0.2, 0) is 9.68 Å². The van der Waals surface area contributed by atoms with Crippen LogP contribution in [0.2, 0.25) is 0 Å². The first-order valence-corrected chi connectivity index (χ1v) is 17.3. The van der Waals surface area contributed by atoms with Gasteiger partial charge in [-0.2, -0.15) is 9.68 Å². The lowest BCUT2D eigenvalue weighted by Gasteiger charge is -2.23. The molecule has 42 heteroatoms. The largest absolute Gasteiger partial charge is 0.477 e. The average Bonchev–Trinajstić information content (AvgIpc) is 3.27. The molecule has 0 spiro atoms. The summed E-state index contributed by atoms with van der Waals surface area (Å²) in [6.07, 6.45) is 0. The van der Waals surface area contributed by atoms with Gasteiger partial charge in [0.1, 0.15) is 4.91 Å². The lowest BCUT2D eigenvalue weighted by molar-refractivity contribution is -0.980. The second-order valence-electron chi connectivity index (χ2n) is 12.6. The van der Waals surface area contributed by atoms with Crippen molar-refractivity contribution in [1.29, 1.82) is 0 Å². The lowest BCUT2D eigenvalue weighted by atomic mass is 10.1. The lowest BCUT2D eigenvalue weighted by Crippen LogP contribution is -2.29. The predicted molar refractivity (Wildman–Crippen MR) is 215 cm³/mol. The van der Waals surface area contributed by atoms with Crippen molar-refractivity contribution < 1.29 is 73.8 Å². The summed E-state index contributed by atoms with van der Waals surface area (Å²) in [5, 5.41) is 143. The maximum atomic E-state index is 12.9. The molecule has 4 aromatic carbocycles. The van der Waals surface area contributed by atoms with Gasteiger partial charge in [-0.1, -0.05) is 0 Å². The van der Waals surface area contributed by atoms with E-state index in [4.69, 9.17) is 0 Å². The summed E-state index contributed by atoms with van der Waals surface area (Å²) in [5.41, 5.74) is -25.1. The minimum atomic E-state index is -1.68. The first kappa shape index (κ1) is 51.1. The molecule has 364 valence electrons. The Hall–Kier alpha value is -11.5. The zero-order valence-corrected chi connectivity index (χ0v) is 33.2. The summed E-state index contributed by atoms with van der Waals surface area (Å²) in [5.74, 6) is 0. The minimum absolute atomic E-state index is 0.0464. The van der Waals surface area contributed by atoms with Gasteiger partial charge in [-0.3, -0.25) is 121 Å². The Bertz CT molecular complexity index is 2530. The second kappa shape index (κ2) is 20.1. The van der Waals surface area contributed by atoms with Crippen LogP contribution in [0.1, 0.15) is 0 Å². The van der Waals surface area contributed by atoms with Crippen LogP contribution in [0.3, 0.4) is 0 Å². The highest BCUT2D eigenvalue weighted by Gasteiger charge is 2.44. The normalized spacial score (nSPS) is 10.5. The van der Waals surface area contributed by atoms with Crippen molar-refractivity contribution in [2.24, 2.45) is 0 Å². The van der Waals surface area contributed by atoms with E-state index >= 15 is 0 Å². The number of hydrogen-bond acceptors (Lipinski definition) is 29. The molecule has 0 aliphatic rings. The number of nitro benzene ring substituents is 12. The van der Waals surface area contributed by atoms with E-state index in [0.29, 0.717) is 0 Å². The molecular weight excluding hydrogens is 978 g/mol. The fourth-order valence-corrected chi connectivity index (χ4v) is 6.12. The number of nitrogens with zero attached hydrogens (tertiary/aromatic N) is 15. The Morgan fingerprint density at radius 3 is 0.571 bits per heavy atom. The van der Waals surface area contributed by atoms with Gasteiger partial charge in [0.25, 0.3) is 22.7 Å². The van der Waals surface area contributed by atoms with Crippen molar-refractivity contribution in [3.8, 4) is 0 Å². The number of non-ortho nitro benzene ring substituents is 4. The maximum Gasteiger partial charge on any atom is 0.477 e. The SMILES string of the molecule is O=[N+](OCCN(c1c([N+](=O)[O-])cc([N+](=O)[O-])cc1[N+](=O)[O-])c1c([N+](=O)[O-])cc([N+](=O)[O-])cc1[N+](=O)[O-])OCCN(c1c([N+](=O)[O-])cc([N+](=O)[O-])cc1[N+](=O)[O-])c1c([N+](=O)[O-])cc([N+](=O)[O-])cc1[N+](=O)[O-]. The van der Waals surface area contributed by atoms with E-state index in [2.05, 4.69) is 9.68 Å². The summed E-state index contributed by atoms with van der Waals surface area (Å²) < 4.78 is 0. The molecule has 0 atom stereocenters. The smallest absolute Gasteiger partial charge is 0.315 e. The highest BCUT2D eigenvalue weighted by atomic mass is 17.0. The van der Waals surface area contributed by atoms with Crippen LogP contribution < -0.4 is 9.80 Å². The Balaban J connectivity index is 1.89. The number of benzene rings is 4. The summed E-state index contributed by atoms with van der Waals surface area (Å²) in [4.78, 5) is 148. The van der Waals surface area contributed by atoms with E-state index in [0.717, 1.165) is 0 Å². The van der Waals surface area contributed by atoms with Gasteiger partial charge in [0.2, 0.25) is 0 Å². The fourth-order valence-electron chi connectivity index (χ4n) is 6.12. The van der Waals surface area contributed by atoms with Crippen LogP contribution >= 0.6 is 0 Å². The monoisotopic (exact) mass is 994 g/mol. The van der Waals surface area contributed by atoms with Crippen molar-refractivity contribution in [1.82, 2.24) is 0 Å². The molecule has 0 aliphatic carbocycles. The highest BCUT2D eigenvalue weighted by molar-refractivity contribution is 5.91. The standard InChI is InChI=1S/C28H16N15O27/c44-31(45)13-5-17(35(52)53)25(18(6-13)36(54)55)29(26-19(37(56)57)7-14(32(46)47)8-20(26)38(58)59)1-3-69-43(68)70-4-2-30(27-21(39(60)61)9-15(33(48)49)10-22(27)40(62)63)28-23(41(64)65)11-16(34(50)51)12-24(28)42(66)67/h5-12H,1-4H2/q+1. The Kier molecular flexibility index (Phi) is 14.7. The van der Waals surface area contributed by atoms with Gasteiger partial charge < -0.3 is 9.80 Å². The molecule has 0 aromatic heterocycles. The van der Waals surface area contributed by atoms with E-state index in [1.54, 1.807) is 0 Å². The highest BCUT2D eigenvalue weighted by Crippen LogP contribution is 2.52. The van der Waals surface area contributed by atoms with E-state index in [-0.39, 0.29) is 58.3 Å². The molecule has 0 saturated carbocycles. The van der Waals surface area contributed by atoms with E-state index in [1.807, 2.05) is 0 Å². The molecule has 0 radical (unpaired) electrons. The van der Waals surface area contributed by atoms with Crippen molar-refractivity contribution in [2.45, 2.75) is 0 Å². The topological polar surface area (TPSA) is 563 Å². The van der Waals surface area contributed by atoms with Gasteiger partial charge in [-0.05, 0) is 0 Å². The van der Waals surface area contributed by atoms with Crippen molar-refractivity contribution >= 4 is 91.0 Å². The summed E-state index contributed by atoms with van der Waals surface area (Å²) in [6.45, 7) is -5.98. The molecule has 0 aliphatic heterocycles. The van der Waals surface area contributed by atoms with Gasteiger partial charge in [-0.15, -0.1) is 0 Å². The first-order chi connectivity index (χ1) is 32.6. The third-order valence-electron chi connectivity index (χ3n) is 8.74.